The normalized spacial score (nSPS) is 25.6. The van der Waals surface area contributed by atoms with E-state index in [9.17, 15) is 42.3 Å². The molecule has 3 heterocycles. The highest BCUT2D eigenvalue weighted by Crippen LogP contribution is 2.25. The summed E-state index contributed by atoms with van der Waals surface area (Å²) in [6.07, 6.45) is 0.334. The Morgan fingerprint density at radius 2 is 1.46 bits per heavy atom. The third-order valence-electron chi connectivity index (χ3n) is 10.6. The number of rotatable bonds is 7. The number of urea groups is 1. The number of likely N-dealkylation sites (N-methyl/N-ethyl adjacent to an activating group) is 1. The first kappa shape index (κ1) is 41.6. The van der Waals surface area contributed by atoms with E-state index in [0.29, 0.717) is 24.6 Å². The van der Waals surface area contributed by atoms with Crippen molar-refractivity contribution in [1.29, 1.82) is 0 Å². The van der Waals surface area contributed by atoms with Crippen LogP contribution in [-0.2, 0) is 46.3 Å². The van der Waals surface area contributed by atoms with Crippen molar-refractivity contribution in [3.8, 4) is 0 Å². The number of benzene rings is 2. The van der Waals surface area contributed by atoms with Gasteiger partial charge in [0.1, 0.15) is 54.0 Å². The SMILES string of the molecule is CCc1ccc(NC(=O)NC(Cc2cc(F)cc(F)c2)C(=O)N[C@@H]2C(=O)N3CCC[C@H]3C(=O)N(C)[C@@H](C)C(=O)N[C@@H](C)C(=O)N3CCCC3C(=O)O[C@H]2C)cc1. The van der Waals surface area contributed by atoms with Crippen LogP contribution < -0.4 is 21.3 Å². The molecule has 2 aromatic carbocycles. The highest BCUT2D eigenvalue weighted by atomic mass is 19.1. The quantitative estimate of drug-likeness (QED) is 0.308. The molecule has 0 bridgehead atoms. The van der Waals surface area contributed by atoms with Gasteiger partial charge in [0.25, 0.3) is 0 Å². The van der Waals surface area contributed by atoms with Crippen LogP contribution in [0.15, 0.2) is 42.5 Å². The number of halogens is 2. The molecule has 0 saturated carbocycles. The molecule has 2 unspecified atom stereocenters. The van der Waals surface area contributed by atoms with Crippen LogP contribution in [0.5, 0.6) is 0 Å². The minimum Gasteiger partial charge on any atom is -0.458 e. The van der Waals surface area contributed by atoms with Crippen LogP contribution in [0.4, 0.5) is 19.3 Å². The minimum absolute atomic E-state index is 0.0191. The number of carbonyl (C=O) groups excluding carboxylic acids is 7. The minimum atomic E-state index is -1.62. The third kappa shape index (κ3) is 9.60. The summed E-state index contributed by atoms with van der Waals surface area (Å²) < 4.78 is 34.3. The molecule has 2 aromatic rings. The average molecular weight is 782 g/mol. The molecule has 5 rings (SSSR count). The number of nitrogens with zero attached hydrogens (tertiary/aromatic N) is 3. The number of hydrogen-bond donors (Lipinski definition) is 4. The fourth-order valence-electron chi connectivity index (χ4n) is 7.27. The number of hydrogen-bond acceptors (Lipinski definition) is 8. The van der Waals surface area contributed by atoms with Crippen LogP contribution in [0.2, 0.25) is 0 Å². The lowest BCUT2D eigenvalue weighted by Gasteiger charge is -2.36. The summed E-state index contributed by atoms with van der Waals surface area (Å²) >= 11 is 0. The van der Waals surface area contributed by atoms with Crippen LogP contribution in [0, 0.1) is 11.6 Å². The number of ether oxygens (including phenoxy) is 1. The Morgan fingerprint density at radius 3 is 2.09 bits per heavy atom. The standard InChI is InChI=1S/C39H49F2N7O8/c1-6-24-11-13-28(14-12-24)43-39(55)44-29(19-25-17-26(40)20-27(41)18-25)34(50)45-32-23(4)56-38(54)31-10-8-16-48(31)35(51)21(2)42-33(49)22(3)46(5)36(52)30-9-7-15-47(30)37(32)53/h11-14,17-18,20-23,29-32H,6-10,15-16,19H2,1-5H3,(H,42,49)(H,45,50)(H2,43,44,55)/t21-,22-,23-,29?,30-,31?,32-/m0/s1. The maximum absolute atomic E-state index is 14.5. The molecular formula is C39H49F2N7O8. The third-order valence-corrected chi connectivity index (χ3v) is 10.6. The molecule has 7 atom stereocenters. The van der Waals surface area contributed by atoms with Crippen molar-refractivity contribution in [2.24, 2.45) is 0 Å². The van der Waals surface area contributed by atoms with Crippen molar-refractivity contribution in [2.45, 2.75) is 109 Å². The van der Waals surface area contributed by atoms with Gasteiger partial charge in [-0.3, -0.25) is 24.0 Å². The zero-order valence-corrected chi connectivity index (χ0v) is 32.1. The van der Waals surface area contributed by atoms with Crippen LogP contribution in [0.1, 0.15) is 64.5 Å². The Bertz CT molecular complexity index is 1830. The summed E-state index contributed by atoms with van der Waals surface area (Å²) in [5, 5.41) is 10.4. The van der Waals surface area contributed by atoms with Gasteiger partial charge in [0, 0.05) is 38.3 Å². The Morgan fingerprint density at radius 1 is 0.857 bits per heavy atom. The second-order valence-corrected chi connectivity index (χ2v) is 14.5. The van der Waals surface area contributed by atoms with Crippen LogP contribution in [-0.4, -0.2) is 119 Å². The molecular weight excluding hydrogens is 732 g/mol. The van der Waals surface area contributed by atoms with Crippen molar-refractivity contribution >= 4 is 47.2 Å². The molecule has 56 heavy (non-hydrogen) atoms. The molecule has 0 aliphatic carbocycles. The van der Waals surface area contributed by atoms with Crippen molar-refractivity contribution in [2.75, 3.05) is 25.5 Å². The number of carbonyl (C=O) groups is 7. The van der Waals surface area contributed by atoms with Gasteiger partial charge in [0.15, 0.2) is 0 Å². The number of esters is 1. The van der Waals surface area contributed by atoms with Gasteiger partial charge in [0.2, 0.25) is 29.5 Å². The first-order valence-electron chi connectivity index (χ1n) is 18.9. The van der Waals surface area contributed by atoms with Crippen LogP contribution in [0.25, 0.3) is 0 Å². The first-order valence-corrected chi connectivity index (χ1v) is 18.9. The van der Waals surface area contributed by atoms with E-state index >= 15 is 0 Å². The summed E-state index contributed by atoms with van der Waals surface area (Å²) in [4.78, 5) is 99.9. The van der Waals surface area contributed by atoms with Crippen molar-refractivity contribution in [3.05, 3.63) is 65.2 Å². The maximum Gasteiger partial charge on any atom is 0.329 e. The van der Waals surface area contributed by atoms with E-state index in [4.69, 9.17) is 4.74 Å². The molecule has 0 spiro atoms. The van der Waals surface area contributed by atoms with E-state index in [1.165, 1.54) is 42.5 Å². The van der Waals surface area contributed by atoms with Gasteiger partial charge in [0.05, 0.1) is 0 Å². The Kier molecular flexibility index (Phi) is 13.3. The number of aryl methyl sites for hydroxylation is 1. The lowest BCUT2D eigenvalue weighted by Crippen LogP contribution is -2.62. The Hall–Kier alpha value is -5.61. The van der Waals surface area contributed by atoms with Gasteiger partial charge >= 0.3 is 12.0 Å². The van der Waals surface area contributed by atoms with Gasteiger partial charge in [-0.15, -0.1) is 0 Å². The Labute approximate surface area is 323 Å². The lowest BCUT2D eigenvalue weighted by atomic mass is 10.0. The molecule has 17 heteroatoms. The smallest absolute Gasteiger partial charge is 0.329 e. The van der Waals surface area contributed by atoms with Gasteiger partial charge in [-0.1, -0.05) is 19.1 Å². The number of anilines is 1. The molecule has 4 N–H and O–H groups in total. The van der Waals surface area contributed by atoms with Gasteiger partial charge in [-0.2, -0.15) is 0 Å². The monoisotopic (exact) mass is 781 g/mol. The van der Waals surface area contributed by atoms with E-state index in [-0.39, 0.29) is 31.5 Å². The number of fused-ring (bicyclic) bond motifs is 2. The molecule has 3 aliphatic rings. The molecule has 0 aromatic heterocycles. The van der Waals surface area contributed by atoms with Crippen LogP contribution in [0.3, 0.4) is 0 Å². The zero-order chi connectivity index (χ0) is 40.8. The van der Waals surface area contributed by atoms with Crippen molar-refractivity contribution in [3.63, 3.8) is 0 Å². The first-order chi connectivity index (χ1) is 26.6. The Balaban J connectivity index is 1.48. The van der Waals surface area contributed by atoms with Crippen LogP contribution >= 0.6 is 0 Å². The van der Waals surface area contributed by atoms with E-state index < -0.39 is 102 Å². The fourth-order valence-corrected chi connectivity index (χ4v) is 7.27. The van der Waals surface area contributed by atoms with Gasteiger partial charge in [-0.05, 0) is 88.3 Å². The molecule has 3 fully saturated rings. The number of nitrogens with one attached hydrogen (secondary N) is 4. The summed E-state index contributed by atoms with van der Waals surface area (Å²) in [5.41, 5.74) is 1.44. The fraction of sp³-hybridized carbons (Fsp3) is 0.513. The van der Waals surface area contributed by atoms with E-state index in [1.807, 2.05) is 19.1 Å². The second kappa shape index (κ2) is 17.9. The number of cyclic esters (lactones) is 1. The molecule has 7 amide bonds. The summed E-state index contributed by atoms with van der Waals surface area (Å²) in [7, 11) is 1.41. The van der Waals surface area contributed by atoms with Crippen molar-refractivity contribution < 1.29 is 47.1 Å². The molecule has 302 valence electrons. The molecule has 3 saturated heterocycles. The zero-order valence-electron chi connectivity index (χ0n) is 32.1. The van der Waals surface area contributed by atoms with E-state index in [2.05, 4.69) is 21.3 Å². The summed E-state index contributed by atoms with van der Waals surface area (Å²) in [6.45, 7) is 6.63. The number of amides is 7. The largest absolute Gasteiger partial charge is 0.458 e. The molecule has 3 aliphatic heterocycles. The lowest BCUT2D eigenvalue weighted by molar-refractivity contribution is -0.162. The molecule has 0 radical (unpaired) electrons. The van der Waals surface area contributed by atoms with E-state index in [1.54, 1.807) is 12.1 Å². The highest BCUT2D eigenvalue weighted by molar-refractivity contribution is 5.98. The summed E-state index contributed by atoms with van der Waals surface area (Å²) in [5.74, 6) is -6.12. The van der Waals surface area contributed by atoms with Crippen molar-refractivity contribution in [1.82, 2.24) is 30.7 Å². The predicted octanol–water partition coefficient (Wildman–Crippen LogP) is 2.02. The predicted molar refractivity (Wildman–Crippen MR) is 199 cm³/mol. The van der Waals surface area contributed by atoms with Gasteiger partial charge < -0.3 is 40.7 Å². The van der Waals surface area contributed by atoms with E-state index in [0.717, 1.165) is 24.1 Å². The highest BCUT2D eigenvalue weighted by Gasteiger charge is 2.45. The topological polar surface area (TPSA) is 187 Å². The van der Waals surface area contributed by atoms with Gasteiger partial charge in [-0.25, -0.2) is 18.4 Å². The average Bonchev–Trinajstić information content (AvgIpc) is 3.86. The molecule has 15 nitrogen and oxygen atoms in total. The second-order valence-electron chi connectivity index (χ2n) is 14.5. The summed E-state index contributed by atoms with van der Waals surface area (Å²) in [6, 6.07) is 1.48. The maximum atomic E-state index is 14.5.